The molecule has 0 radical (unpaired) electrons. The lowest BCUT2D eigenvalue weighted by atomic mass is 10.00. The quantitative estimate of drug-likeness (QED) is 0.160. The number of fused-ring (bicyclic) bond motifs is 3. The molecule has 0 fully saturated rings. The van der Waals surface area contributed by atoms with Gasteiger partial charge in [-0.3, -0.25) is 19.1 Å². The van der Waals surface area contributed by atoms with Gasteiger partial charge in [-0.1, -0.05) is 35.9 Å². The lowest BCUT2D eigenvalue weighted by Gasteiger charge is -2.15. The average molecular weight is 645 g/mol. The monoisotopic (exact) mass is 644 g/mol. The third-order valence-electron chi connectivity index (χ3n) is 7.25. The minimum absolute atomic E-state index is 0.114. The highest BCUT2D eigenvalue weighted by molar-refractivity contribution is 6.69. The van der Waals surface area contributed by atoms with Gasteiger partial charge in [0.1, 0.15) is 24.2 Å². The molecule has 1 aliphatic heterocycles. The Bertz CT molecular complexity index is 1730. The number of aliphatic imine (C=N–C) groups is 1. The van der Waals surface area contributed by atoms with Gasteiger partial charge in [-0.15, -0.1) is 10.2 Å². The summed E-state index contributed by atoms with van der Waals surface area (Å²) in [5, 5.41) is 15.1. The third-order valence-corrected chi connectivity index (χ3v) is 8.77. The van der Waals surface area contributed by atoms with Crippen molar-refractivity contribution in [2.75, 3.05) is 19.7 Å². The van der Waals surface area contributed by atoms with Crippen LogP contribution in [0, 0.1) is 6.92 Å². The minimum atomic E-state index is -2.29. The van der Waals surface area contributed by atoms with Crippen molar-refractivity contribution in [3.8, 4) is 11.4 Å². The van der Waals surface area contributed by atoms with E-state index in [4.69, 9.17) is 21.3 Å². The van der Waals surface area contributed by atoms with Crippen LogP contribution in [0.3, 0.4) is 0 Å². The summed E-state index contributed by atoms with van der Waals surface area (Å²) in [6.45, 7) is 8.55. The standard InChI is InChI=1S/C33H37ClN6O4Si/c1-5-35-30(41)19-28-32-39-38-21(2)40(32)29-14-13-26(18-27(29)31(37-28)23-9-11-25(34)12-10-23)44-16-15-36-33(42)24-8-6-7-22(17-24)20-45(3,4)43/h6-14,17-18,28,43H,5,15-16,19-20H2,1-4H3,(H,35,41)(H,36,42). The van der Waals surface area contributed by atoms with E-state index in [1.807, 2.05) is 80.0 Å². The summed E-state index contributed by atoms with van der Waals surface area (Å²) in [7, 11) is -2.29. The molecular weight excluding hydrogens is 608 g/mol. The summed E-state index contributed by atoms with van der Waals surface area (Å²) >= 11 is 6.21. The fourth-order valence-corrected chi connectivity index (χ4v) is 6.69. The molecule has 12 heteroatoms. The number of hydrogen-bond donors (Lipinski definition) is 3. The molecule has 0 bridgehead atoms. The first kappa shape index (κ1) is 32.1. The maximum absolute atomic E-state index is 12.8. The molecule has 234 valence electrons. The molecule has 0 saturated heterocycles. The number of halogens is 1. The Balaban J connectivity index is 1.38. The topological polar surface area (TPSA) is 131 Å². The van der Waals surface area contributed by atoms with E-state index in [9.17, 15) is 14.4 Å². The Morgan fingerprint density at radius 2 is 1.82 bits per heavy atom. The molecule has 1 atom stereocenters. The summed E-state index contributed by atoms with van der Waals surface area (Å²) in [5.74, 6) is 1.51. The van der Waals surface area contributed by atoms with E-state index in [1.54, 1.807) is 18.2 Å². The van der Waals surface area contributed by atoms with Crippen LogP contribution in [0.25, 0.3) is 5.69 Å². The van der Waals surface area contributed by atoms with Crippen molar-refractivity contribution >= 4 is 37.4 Å². The van der Waals surface area contributed by atoms with Crippen molar-refractivity contribution in [3.05, 3.63) is 106 Å². The number of rotatable bonds is 11. The molecule has 1 aromatic heterocycles. The lowest BCUT2D eigenvalue weighted by Crippen LogP contribution is -2.30. The van der Waals surface area contributed by atoms with Gasteiger partial charge >= 0.3 is 0 Å². The van der Waals surface area contributed by atoms with E-state index >= 15 is 0 Å². The molecule has 2 amide bonds. The number of carbonyl (C=O) groups is 2. The lowest BCUT2D eigenvalue weighted by molar-refractivity contribution is -0.121. The maximum Gasteiger partial charge on any atom is 0.251 e. The number of nitrogens with zero attached hydrogens (tertiary/aromatic N) is 4. The van der Waals surface area contributed by atoms with Crippen LogP contribution in [0.4, 0.5) is 0 Å². The van der Waals surface area contributed by atoms with E-state index < -0.39 is 14.4 Å². The van der Waals surface area contributed by atoms with Crippen LogP contribution in [0.15, 0.2) is 71.7 Å². The number of ether oxygens (including phenoxy) is 1. The van der Waals surface area contributed by atoms with Gasteiger partial charge in [-0.05, 0) is 81.0 Å². The van der Waals surface area contributed by atoms with Crippen molar-refractivity contribution in [1.82, 2.24) is 25.4 Å². The first-order valence-electron chi connectivity index (χ1n) is 14.9. The molecule has 3 aromatic carbocycles. The molecule has 10 nitrogen and oxygen atoms in total. The Morgan fingerprint density at radius 3 is 2.56 bits per heavy atom. The molecular formula is C33H37ClN6O4Si. The van der Waals surface area contributed by atoms with Gasteiger partial charge < -0.3 is 20.2 Å². The summed E-state index contributed by atoms with van der Waals surface area (Å²) in [6, 6.07) is 20.5. The predicted octanol–water partition coefficient (Wildman–Crippen LogP) is 4.74. The molecule has 0 spiro atoms. The molecule has 1 unspecified atom stereocenters. The SMILES string of the molecule is CCNC(=O)CC1N=C(c2ccc(Cl)cc2)c2cc(OCCNC(=O)c3cccc(C[Si](C)(C)O)c3)ccc2-n2c(C)nnc21. The predicted molar refractivity (Wildman–Crippen MR) is 177 cm³/mol. The molecule has 5 rings (SSSR count). The normalized spacial score (nSPS) is 14.1. The van der Waals surface area contributed by atoms with Gasteiger partial charge in [0.15, 0.2) is 14.1 Å². The third kappa shape index (κ3) is 7.86. The van der Waals surface area contributed by atoms with Crippen LogP contribution in [0.1, 0.15) is 58.1 Å². The van der Waals surface area contributed by atoms with E-state index in [0.717, 1.165) is 22.4 Å². The number of hydrogen-bond acceptors (Lipinski definition) is 7. The van der Waals surface area contributed by atoms with E-state index in [-0.39, 0.29) is 24.8 Å². The molecule has 3 N–H and O–H groups in total. The number of carbonyl (C=O) groups excluding carboxylic acids is 2. The van der Waals surface area contributed by atoms with Crippen molar-refractivity contribution in [2.24, 2.45) is 4.99 Å². The molecule has 2 heterocycles. The fraction of sp³-hybridized carbons (Fsp3) is 0.303. The van der Waals surface area contributed by atoms with Crippen molar-refractivity contribution in [1.29, 1.82) is 0 Å². The number of aromatic nitrogens is 3. The minimum Gasteiger partial charge on any atom is -0.492 e. The smallest absolute Gasteiger partial charge is 0.251 e. The summed E-state index contributed by atoms with van der Waals surface area (Å²) in [5.41, 5.74) is 4.59. The van der Waals surface area contributed by atoms with Crippen LogP contribution >= 0.6 is 11.6 Å². The highest BCUT2D eigenvalue weighted by atomic mass is 35.5. The Kier molecular flexibility index (Phi) is 9.81. The second kappa shape index (κ2) is 13.8. The van der Waals surface area contributed by atoms with E-state index in [0.29, 0.717) is 52.8 Å². The first-order chi connectivity index (χ1) is 21.5. The van der Waals surface area contributed by atoms with Gasteiger partial charge in [-0.2, -0.15) is 0 Å². The van der Waals surface area contributed by atoms with Crippen molar-refractivity contribution < 1.29 is 19.1 Å². The summed E-state index contributed by atoms with van der Waals surface area (Å²) in [6.07, 6.45) is 0.114. The number of nitrogens with one attached hydrogen (secondary N) is 2. The highest BCUT2D eigenvalue weighted by Gasteiger charge is 2.30. The Morgan fingerprint density at radius 1 is 1.04 bits per heavy atom. The molecule has 4 aromatic rings. The number of amides is 2. The van der Waals surface area contributed by atoms with Gasteiger partial charge in [-0.25, -0.2) is 0 Å². The number of benzene rings is 3. The van der Waals surface area contributed by atoms with Crippen LogP contribution in [-0.2, 0) is 10.8 Å². The van der Waals surface area contributed by atoms with E-state index in [1.165, 1.54) is 0 Å². The maximum atomic E-state index is 12.8. The average Bonchev–Trinajstić information content (AvgIpc) is 3.32. The van der Waals surface area contributed by atoms with E-state index in [2.05, 4.69) is 20.8 Å². The van der Waals surface area contributed by atoms with Gasteiger partial charge in [0.05, 0.1) is 24.4 Å². The highest BCUT2D eigenvalue weighted by Crippen LogP contribution is 2.34. The van der Waals surface area contributed by atoms with Crippen molar-refractivity contribution in [3.63, 3.8) is 0 Å². The van der Waals surface area contributed by atoms with Gasteiger partial charge in [0.25, 0.3) is 5.91 Å². The largest absolute Gasteiger partial charge is 0.492 e. The zero-order valence-corrected chi connectivity index (χ0v) is 27.6. The molecule has 0 saturated carbocycles. The summed E-state index contributed by atoms with van der Waals surface area (Å²) in [4.78, 5) is 40.9. The van der Waals surface area contributed by atoms with Crippen molar-refractivity contribution in [2.45, 2.75) is 45.4 Å². The Labute approximate surface area is 268 Å². The second-order valence-electron chi connectivity index (χ2n) is 11.6. The van der Waals surface area contributed by atoms with Crippen LogP contribution < -0.4 is 15.4 Å². The van der Waals surface area contributed by atoms with Gasteiger partial charge in [0, 0.05) is 28.3 Å². The molecule has 0 aliphatic carbocycles. The molecule has 45 heavy (non-hydrogen) atoms. The number of aryl methyl sites for hydroxylation is 1. The fourth-order valence-electron chi connectivity index (χ4n) is 5.34. The molecule has 1 aliphatic rings. The zero-order valence-electron chi connectivity index (χ0n) is 25.8. The summed E-state index contributed by atoms with van der Waals surface area (Å²) < 4.78 is 8.03. The zero-order chi connectivity index (χ0) is 32.1. The Hall–Kier alpha value is -4.32. The second-order valence-corrected chi connectivity index (χ2v) is 16.0. The van der Waals surface area contributed by atoms with Gasteiger partial charge in [0.2, 0.25) is 5.91 Å². The first-order valence-corrected chi connectivity index (χ1v) is 18.4. The van der Waals surface area contributed by atoms with Crippen LogP contribution in [-0.4, -0.2) is 65.1 Å². The van der Waals surface area contributed by atoms with Crippen LogP contribution in [0.5, 0.6) is 5.75 Å². The van der Waals surface area contributed by atoms with Crippen LogP contribution in [0.2, 0.25) is 18.1 Å².